The molecule has 0 saturated heterocycles. The van der Waals surface area contributed by atoms with Crippen LogP contribution in [0, 0.1) is 5.92 Å². The minimum absolute atomic E-state index is 0.0452. The number of benzene rings is 1. The Morgan fingerprint density at radius 3 is 2.59 bits per heavy atom. The van der Waals surface area contributed by atoms with Crippen LogP contribution in [-0.2, 0) is 4.79 Å². The van der Waals surface area contributed by atoms with E-state index in [1.807, 2.05) is 36.1 Å². The molecular formula is C24H36N2O3. The first-order valence-electron chi connectivity index (χ1n) is 11.4. The molecule has 1 fully saturated rings. The van der Waals surface area contributed by atoms with Crippen molar-refractivity contribution in [1.82, 2.24) is 9.80 Å². The Morgan fingerprint density at radius 2 is 1.83 bits per heavy atom. The Bertz CT molecular complexity index is 703. The van der Waals surface area contributed by atoms with Crippen LogP contribution in [0.25, 0.3) is 0 Å². The minimum Gasteiger partial charge on any atom is -0.487 e. The van der Waals surface area contributed by atoms with Gasteiger partial charge in [-0.05, 0) is 57.1 Å². The summed E-state index contributed by atoms with van der Waals surface area (Å²) in [6.45, 7) is 8.36. The first-order chi connectivity index (χ1) is 14.0. The van der Waals surface area contributed by atoms with Gasteiger partial charge in [-0.25, -0.2) is 0 Å². The normalized spacial score (nSPS) is 23.5. The maximum atomic E-state index is 13.1. The molecule has 1 heterocycles. The van der Waals surface area contributed by atoms with Gasteiger partial charge in [0.05, 0.1) is 11.6 Å². The van der Waals surface area contributed by atoms with Crippen LogP contribution in [0.2, 0.25) is 0 Å². The highest BCUT2D eigenvalue weighted by Crippen LogP contribution is 2.31. The summed E-state index contributed by atoms with van der Waals surface area (Å²) in [5.74, 6) is 1.29. The zero-order valence-electron chi connectivity index (χ0n) is 18.2. The van der Waals surface area contributed by atoms with Crippen molar-refractivity contribution in [2.45, 2.75) is 77.9 Å². The largest absolute Gasteiger partial charge is 0.487 e. The third-order valence-electron chi connectivity index (χ3n) is 6.11. The van der Waals surface area contributed by atoms with Crippen LogP contribution in [0.3, 0.4) is 0 Å². The van der Waals surface area contributed by atoms with E-state index in [-0.39, 0.29) is 24.0 Å². The van der Waals surface area contributed by atoms with Crippen LogP contribution < -0.4 is 4.74 Å². The summed E-state index contributed by atoms with van der Waals surface area (Å²) in [5, 5.41) is 0. The molecule has 5 heteroatoms. The van der Waals surface area contributed by atoms with Gasteiger partial charge in [0, 0.05) is 26.1 Å². The van der Waals surface area contributed by atoms with Crippen LogP contribution in [-0.4, -0.2) is 53.4 Å². The van der Waals surface area contributed by atoms with E-state index in [1.165, 1.54) is 0 Å². The van der Waals surface area contributed by atoms with Gasteiger partial charge in [0.1, 0.15) is 11.9 Å². The van der Waals surface area contributed by atoms with Crippen molar-refractivity contribution in [3.63, 3.8) is 0 Å². The lowest BCUT2D eigenvalue weighted by molar-refractivity contribution is -0.137. The predicted molar refractivity (Wildman–Crippen MR) is 115 cm³/mol. The fourth-order valence-corrected chi connectivity index (χ4v) is 4.58. The molecule has 2 atom stereocenters. The molecule has 1 saturated carbocycles. The van der Waals surface area contributed by atoms with Crippen LogP contribution in [0.15, 0.2) is 24.3 Å². The number of hydrogen-bond acceptors (Lipinski definition) is 3. The Labute approximate surface area is 175 Å². The number of ether oxygens (including phenoxy) is 1. The average Bonchev–Trinajstić information content (AvgIpc) is 2.70. The molecular weight excluding hydrogens is 364 g/mol. The van der Waals surface area contributed by atoms with Gasteiger partial charge < -0.3 is 14.5 Å². The number of nitrogens with zero attached hydrogens (tertiary/aromatic N) is 2. The molecule has 29 heavy (non-hydrogen) atoms. The SMILES string of the molecule is CCN1CCCCN(C(=O)CC(C)C)[C@@H]2CCCC[C@@H]2Oc2ccccc2C1=O. The van der Waals surface area contributed by atoms with Crippen molar-refractivity contribution in [3.8, 4) is 5.75 Å². The molecule has 0 aromatic heterocycles. The molecule has 0 radical (unpaired) electrons. The molecule has 1 aromatic rings. The van der Waals surface area contributed by atoms with Crippen LogP contribution >= 0.6 is 0 Å². The fraction of sp³-hybridized carbons (Fsp3) is 0.667. The predicted octanol–water partition coefficient (Wildman–Crippen LogP) is 4.51. The van der Waals surface area contributed by atoms with Crippen molar-refractivity contribution in [2.75, 3.05) is 19.6 Å². The maximum absolute atomic E-state index is 13.1. The lowest BCUT2D eigenvalue weighted by Gasteiger charge is -2.41. The molecule has 2 amide bonds. The Kier molecular flexibility index (Phi) is 7.57. The topological polar surface area (TPSA) is 49.9 Å². The number of fused-ring (bicyclic) bond motifs is 2. The number of hydrogen-bond donors (Lipinski definition) is 0. The van der Waals surface area contributed by atoms with Crippen LogP contribution in [0.5, 0.6) is 5.75 Å². The molecule has 0 unspecified atom stereocenters. The third-order valence-corrected chi connectivity index (χ3v) is 6.11. The summed E-state index contributed by atoms with van der Waals surface area (Å²) in [5.41, 5.74) is 0.638. The van der Waals surface area contributed by atoms with Gasteiger partial charge in [-0.2, -0.15) is 0 Å². The number of amides is 2. The van der Waals surface area contributed by atoms with E-state index in [0.29, 0.717) is 36.7 Å². The van der Waals surface area contributed by atoms with E-state index in [1.54, 1.807) is 0 Å². The zero-order valence-corrected chi connectivity index (χ0v) is 18.2. The number of rotatable bonds is 3. The summed E-state index contributed by atoms with van der Waals surface area (Å²) >= 11 is 0. The van der Waals surface area contributed by atoms with Gasteiger partial charge in [0.2, 0.25) is 5.91 Å². The Balaban J connectivity index is 1.94. The standard InChI is InChI=1S/C24H36N2O3/c1-4-25-15-9-10-16-26(23(27)17-18(2)3)20-12-6-8-14-22(20)29-21-13-7-5-11-19(21)24(25)28/h5,7,11,13,18,20,22H,4,6,8-10,12,14-17H2,1-3H3/t20-,22+/m1/s1. The quantitative estimate of drug-likeness (QED) is 0.750. The van der Waals surface area contributed by atoms with Gasteiger partial charge in [0.15, 0.2) is 0 Å². The smallest absolute Gasteiger partial charge is 0.257 e. The molecule has 0 bridgehead atoms. The monoisotopic (exact) mass is 400 g/mol. The van der Waals surface area contributed by atoms with E-state index >= 15 is 0 Å². The summed E-state index contributed by atoms with van der Waals surface area (Å²) in [6.07, 6.45) is 6.49. The summed E-state index contributed by atoms with van der Waals surface area (Å²) in [6, 6.07) is 7.69. The Hall–Kier alpha value is -2.04. The van der Waals surface area contributed by atoms with Gasteiger partial charge >= 0.3 is 0 Å². The van der Waals surface area contributed by atoms with Crippen molar-refractivity contribution in [2.24, 2.45) is 5.92 Å². The molecule has 0 N–H and O–H groups in total. The molecule has 0 spiro atoms. The highest BCUT2D eigenvalue weighted by Gasteiger charge is 2.35. The van der Waals surface area contributed by atoms with Gasteiger partial charge in [0.25, 0.3) is 5.91 Å². The maximum Gasteiger partial charge on any atom is 0.257 e. The van der Waals surface area contributed by atoms with Crippen molar-refractivity contribution >= 4 is 11.8 Å². The second-order valence-electron chi connectivity index (χ2n) is 8.78. The van der Waals surface area contributed by atoms with Gasteiger partial charge in [-0.1, -0.05) is 32.4 Å². The molecule has 1 aliphatic heterocycles. The van der Waals surface area contributed by atoms with Crippen molar-refractivity contribution in [1.29, 1.82) is 0 Å². The number of para-hydroxylation sites is 1. The highest BCUT2D eigenvalue weighted by atomic mass is 16.5. The molecule has 5 nitrogen and oxygen atoms in total. The lowest BCUT2D eigenvalue weighted by atomic mass is 9.90. The fourth-order valence-electron chi connectivity index (χ4n) is 4.58. The first-order valence-corrected chi connectivity index (χ1v) is 11.4. The molecule has 1 aliphatic carbocycles. The summed E-state index contributed by atoms with van der Waals surface area (Å²) in [7, 11) is 0. The Morgan fingerprint density at radius 1 is 1.10 bits per heavy atom. The van der Waals surface area contributed by atoms with Crippen LogP contribution in [0.4, 0.5) is 0 Å². The molecule has 2 aliphatic rings. The second-order valence-corrected chi connectivity index (χ2v) is 8.78. The van der Waals surface area contributed by atoms with E-state index in [9.17, 15) is 9.59 Å². The molecule has 1 aromatic carbocycles. The summed E-state index contributed by atoms with van der Waals surface area (Å²) < 4.78 is 6.48. The first kappa shape index (κ1) is 21.7. The van der Waals surface area contributed by atoms with E-state index in [4.69, 9.17) is 4.74 Å². The second kappa shape index (κ2) is 10.1. The number of carbonyl (C=O) groups is 2. The molecule has 160 valence electrons. The zero-order chi connectivity index (χ0) is 20.8. The lowest BCUT2D eigenvalue weighted by Crippen LogP contribution is -2.51. The van der Waals surface area contributed by atoms with E-state index in [2.05, 4.69) is 18.7 Å². The third kappa shape index (κ3) is 5.31. The highest BCUT2D eigenvalue weighted by molar-refractivity contribution is 5.97. The van der Waals surface area contributed by atoms with Gasteiger partial charge in [-0.3, -0.25) is 9.59 Å². The molecule has 3 rings (SSSR count). The van der Waals surface area contributed by atoms with Crippen molar-refractivity contribution in [3.05, 3.63) is 29.8 Å². The summed E-state index contributed by atoms with van der Waals surface area (Å²) in [4.78, 5) is 30.2. The minimum atomic E-state index is -0.0525. The van der Waals surface area contributed by atoms with Crippen LogP contribution in [0.1, 0.15) is 76.1 Å². The average molecular weight is 401 g/mol. The van der Waals surface area contributed by atoms with E-state index < -0.39 is 0 Å². The van der Waals surface area contributed by atoms with Gasteiger partial charge in [-0.15, -0.1) is 0 Å². The van der Waals surface area contributed by atoms with Crippen molar-refractivity contribution < 1.29 is 14.3 Å². The number of carbonyl (C=O) groups excluding carboxylic acids is 2. The van der Waals surface area contributed by atoms with E-state index in [0.717, 1.165) is 45.1 Å².